The summed E-state index contributed by atoms with van der Waals surface area (Å²) in [6.07, 6.45) is 2.87. The van der Waals surface area contributed by atoms with Crippen LogP contribution in [0.4, 0.5) is 0 Å². The first-order chi connectivity index (χ1) is 4.33. The van der Waals surface area contributed by atoms with E-state index in [-0.39, 0.29) is 75.5 Å². The maximum Gasteiger partial charge on any atom is 1.00 e. The maximum absolute atomic E-state index is 10.3. The summed E-state index contributed by atoms with van der Waals surface area (Å²) in [4.78, 5) is 0. The minimum atomic E-state index is -0.266. The number of aliphatic hydroxyl groups excluding tert-OH is 1. The van der Waals surface area contributed by atoms with E-state index in [0.29, 0.717) is 0 Å². The standard InChI is InChI=1S/C6H11O2S.Rb/c7-4-5-2-1-3-6(8)9-5;/h5-6,8H,1-4H2;/q-1;+1. The van der Waals surface area contributed by atoms with Gasteiger partial charge in [0.2, 0.25) is 0 Å². The van der Waals surface area contributed by atoms with Gasteiger partial charge in [-0.25, -0.2) is 0 Å². The van der Waals surface area contributed by atoms with Crippen LogP contribution >= 0.6 is 11.8 Å². The zero-order valence-corrected chi connectivity index (χ0v) is 12.0. The second-order valence-corrected chi connectivity index (χ2v) is 3.79. The van der Waals surface area contributed by atoms with Crippen LogP contribution in [0.1, 0.15) is 19.3 Å². The molecule has 2 unspecified atom stereocenters. The summed E-state index contributed by atoms with van der Waals surface area (Å²) in [5, 5.41) is 19.5. The van der Waals surface area contributed by atoms with Gasteiger partial charge in [0.05, 0.1) is 5.44 Å². The van der Waals surface area contributed by atoms with E-state index in [4.69, 9.17) is 5.11 Å². The Kier molecular flexibility index (Phi) is 7.94. The van der Waals surface area contributed by atoms with Gasteiger partial charge in [0.15, 0.2) is 0 Å². The van der Waals surface area contributed by atoms with Crippen molar-refractivity contribution in [2.75, 3.05) is 6.61 Å². The molecule has 1 N–H and O–H groups in total. The van der Waals surface area contributed by atoms with Crippen molar-refractivity contribution in [3.8, 4) is 0 Å². The van der Waals surface area contributed by atoms with Crippen molar-refractivity contribution in [2.24, 2.45) is 0 Å². The molecule has 0 amide bonds. The zero-order chi connectivity index (χ0) is 6.69. The average Bonchev–Trinajstić information content (AvgIpc) is 1.88. The molecule has 2 nitrogen and oxygen atoms in total. The van der Waals surface area contributed by atoms with E-state index in [0.717, 1.165) is 19.3 Å². The van der Waals surface area contributed by atoms with Gasteiger partial charge in [-0.15, -0.1) is 18.4 Å². The monoisotopic (exact) mass is 232 g/mol. The second-order valence-electron chi connectivity index (χ2n) is 2.31. The van der Waals surface area contributed by atoms with E-state index in [1.54, 1.807) is 0 Å². The molecule has 2 atom stereocenters. The number of aliphatic hydroxyl groups is 1. The quantitative estimate of drug-likeness (QED) is 0.523. The van der Waals surface area contributed by atoms with Gasteiger partial charge in [-0.05, 0) is 24.5 Å². The Morgan fingerprint density at radius 2 is 2.20 bits per heavy atom. The Morgan fingerprint density at radius 1 is 1.50 bits per heavy atom. The van der Waals surface area contributed by atoms with Crippen LogP contribution < -0.4 is 63.3 Å². The van der Waals surface area contributed by atoms with Crippen LogP contribution in [0.2, 0.25) is 0 Å². The summed E-state index contributed by atoms with van der Waals surface area (Å²) >= 11 is 1.43. The predicted molar refractivity (Wildman–Crippen MR) is 36.1 cm³/mol. The van der Waals surface area contributed by atoms with Crippen LogP contribution in [0.15, 0.2) is 0 Å². The molecule has 0 aromatic rings. The number of rotatable bonds is 1. The average molecular weight is 233 g/mol. The molecule has 0 radical (unpaired) electrons. The molecule has 4 heteroatoms. The van der Waals surface area contributed by atoms with E-state index in [9.17, 15) is 5.11 Å². The molecule has 1 rings (SSSR count). The van der Waals surface area contributed by atoms with E-state index in [1.165, 1.54) is 11.8 Å². The fourth-order valence-electron chi connectivity index (χ4n) is 1.00. The van der Waals surface area contributed by atoms with Crippen molar-refractivity contribution in [1.29, 1.82) is 0 Å². The first-order valence-electron chi connectivity index (χ1n) is 3.24. The molecule has 0 saturated carbocycles. The summed E-state index contributed by atoms with van der Waals surface area (Å²) in [5.41, 5.74) is -0.266. The molecule has 1 aliphatic heterocycles. The van der Waals surface area contributed by atoms with Gasteiger partial charge in [-0.1, -0.05) is 0 Å². The minimum Gasteiger partial charge on any atom is -0.854 e. The van der Waals surface area contributed by atoms with Crippen LogP contribution in [0, 0.1) is 0 Å². The molecule has 0 bridgehead atoms. The number of hydrogen-bond donors (Lipinski definition) is 1. The van der Waals surface area contributed by atoms with Gasteiger partial charge >= 0.3 is 58.2 Å². The minimum absolute atomic E-state index is 0. The van der Waals surface area contributed by atoms with Crippen molar-refractivity contribution in [2.45, 2.75) is 29.9 Å². The van der Waals surface area contributed by atoms with Crippen LogP contribution in [-0.4, -0.2) is 22.4 Å². The molecule has 0 aromatic carbocycles. The topological polar surface area (TPSA) is 43.3 Å². The first-order valence-corrected chi connectivity index (χ1v) is 4.19. The molecule has 1 aliphatic rings. The van der Waals surface area contributed by atoms with Gasteiger partial charge in [-0.2, -0.15) is 0 Å². The number of hydrogen-bond acceptors (Lipinski definition) is 3. The van der Waals surface area contributed by atoms with E-state index < -0.39 is 0 Å². The summed E-state index contributed by atoms with van der Waals surface area (Å²) in [6, 6.07) is 0. The Hall–Kier alpha value is 2.08. The van der Waals surface area contributed by atoms with Gasteiger partial charge < -0.3 is 10.2 Å². The van der Waals surface area contributed by atoms with Gasteiger partial charge in [0.1, 0.15) is 0 Å². The van der Waals surface area contributed by atoms with E-state index in [2.05, 4.69) is 0 Å². The van der Waals surface area contributed by atoms with Crippen molar-refractivity contribution >= 4 is 11.8 Å². The molecule has 10 heavy (non-hydrogen) atoms. The van der Waals surface area contributed by atoms with Gasteiger partial charge in [-0.3, -0.25) is 0 Å². The van der Waals surface area contributed by atoms with Crippen molar-refractivity contribution < 1.29 is 68.4 Å². The molecule has 1 heterocycles. The normalized spacial score (nSPS) is 33.0. The summed E-state index contributed by atoms with van der Waals surface area (Å²) in [5.74, 6) is 0. The summed E-state index contributed by atoms with van der Waals surface area (Å²) < 4.78 is 0. The van der Waals surface area contributed by atoms with Crippen LogP contribution in [0.25, 0.3) is 0 Å². The largest absolute Gasteiger partial charge is 1.00 e. The molecular weight excluding hydrogens is 222 g/mol. The molecule has 0 spiro atoms. The first kappa shape index (κ1) is 12.1. The SMILES string of the molecule is [O-]CC1CCCC(O)S1.[Rb+]. The smallest absolute Gasteiger partial charge is 0.854 e. The molecule has 1 fully saturated rings. The molecule has 1 saturated heterocycles. The van der Waals surface area contributed by atoms with Gasteiger partial charge in [0, 0.05) is 0 Å². The second kappa shape index (κ2) is 6.58. The van der Waals surface area contributed by atoms with Crippen LogP contribution in [0.3, 0.4) is 0 Å². The molecular formula is C6H11O2RbS. The summed E-state index contributed by atoms with van der Waals surface area (Å²) in [6.45, 7) is -0.0400. The Balaban J connectivity index is 0.000000810. The van der Waals surface area contributed by atoms with Crippen LogP contribution in [0.5, 0.6) is 0 Å². The fraction of sp³-hybridized carbons (Fsp3) is 1.00. The molecule has 54 valence electrons. The zero-order valence-electron chi connectivity index (χ0n) is 6.25. The maximum atomic E-state index is 10.3. The molecule has 0 aliphatic carbocycles. The van der Waals surface area contributed by atoms with Crippen molar-refractivity contribution in [1.82, 2.24) is 0 Å². The van der Waals surface area contributed by atoms with Gasteiger partial charge in [0.25, 0.3) is 0 Å². The third-order valence-corrected chi connectivity index (χ3v) is 2.82. The van der Waals surface area contributed by atoms with Crippen LogP contribution in [-0.2, 0) is 0 Å². The third-order valence-electron chi connectivity index (χ3n) is 1.51. The van der Waals surface area contributed by atoms with E-state index in [1.807, 2.05) is 0 Å². The van der Waals surface area contributed by atoms with Crippen molar-refractivity contribution in [3.05, 3.63) is 0 Å². The molecule has 0 aromatic heterocycles. The van der Waals surface area contributed by atoms with E-state index >= 15 is 0 Å². The van der Waals surface area contributed by atoms with Crippen molar-refractivity contribution in [3.63, 3.8) is 0 Å². The Morgan fingerprint density at radius 3 is 2.60 bits per heavy atom. The predicted octanol–water partition coefficient (Wildman–Crippen LogP) is -3.05. The number of thioether (sulfide) groups is 1. The Bertz CT molecular complexity index is 91.8. The summed E-state index contributed by atoms with van der Waals surface area (Å²) in [7, 11) is 0. The Labute approximate surface area is 115 Å². The fourth-order valence-corrected chi connectivity index (χ4v) is 2.13. The third kappa shape index (κ3) is 4.19.